The number of hydrogen-bond donors (Lipinski definition) is 0. The van der Waals surface area contributed by atoms with Crippen molar-refractivity contribution in [3.05, 3.63) is 0 Å². The van der Waals surface area contributed by atoms with Gasteiger partial charge in [0.25, 0.3) is 0 Å². The molecule has 0 radical (unpaired) electrons. The molecule has 0 aromatic carbocycles. The Hall–Kier alpha value is -0.570. The SMILES string of the molecule is CCCCN1CCC(CCC(=O)OCC)CC1. The standard InChI is InChI=1S/C14H27NO2/c1-3-5-10-15-11-8-13(9-12-15)6-7-14(16)17-4-2/h13H,3-12H2,1-2H3. The molecule has 0 N–H and O–H groups in total. The summed E-state index contributed by atoms with van der Waals surface area (Å²) in [6.07, 6.45) is 6.72. The molecule has 1 heterocycles. The molecule has 17 heavy (non-hydrogen) atoms. The van der Waals surface area contributed by atoms with E-state index in [2.05, 4.69) is 11.8 Å². The first kappa shape index (κ1) is 14.5. The largest absolute Gasteiger partial charge is 0.466 e. The molecule has 0 atom stereocenters. The molecule has 0 bridgehead atoms. The lowest BCUT2D eigenvalue weighted by atomic mass is 9.92. The number of nitrogens with zero attached hydrogens (tertiary/aromatic N) is 1. The van der Waals surface area contributed by atoms with Crippen molar-refractivity contribution >= 4 is 5.97 Å². The first-order valence-corrected chi connectivity index (χ1v) is 7.14. The van der Waals surface area contributed by atoms with Gasteiger partial charge >= 0.3 is 5.97 Å². The van der Waals surface area contributed by atoms with Crippen LogP contribution in [0.15, 0.2) is 0 Å². The molecule has 0 spiro atoms. The summed E-state index contributed by atoms with van der Waals surface area (Å²) in [5, 5.41) is 0. The van der Waals surface area contributed by atoms with E-state index in [9.17, 15) is 4.79 Å². The van der Waals surface area contributed by atoms with Gasteiger partial charge in [-0.25, -0.2) is 0 Å². The van der Waals surface area contributed by atoms with E-state index in [4.69, 9.17) is 4.74 Å². The molecule has 0 aromatic heterocycles. The summed E-state index contributed by atoms with van der Waals surface area (Å²) in [4.78, 5) is 13.8. The number of piperidine rings is 1. The molecule has 1 aliphatic heterocycles. The molecule has 3 nitrogen and oxygen atoms in total. The predicted octanol–water partition coefficient (Wildman–Crippen LogP) is 2.84. The fourth-order valence-electron chi connectivity index (χ4n) is 2.44. The van der Waals surface area contributed by atoms with Gasteiger partial charge < -0.3 is 9.64 Å². The molecule has 0 amide bonds. The number of likely N-dealkylation sites (tertiary alicyclic amines) is 1. The van der Waals surface area contributed by atoms with Crippen molar-refractivity contribution in [1.82, 2.24) is 4.90 Å². The van der Waals surface area contributed by atoms with Crippen LogP contribution in [-0.4, -0.2) is 37.1 Å². The number of esters is 1. The van der Waals surface area contributed by atoms with Crippen LogP contribution in [0.2, 0.25) is 0 Å². The van der Waals surface area contributed by atoms with Gasteiger partial charge in [-0.2, -0.15) is 0 Å². The molecule has 1 aliphatic rings. The second-order valence-corrected chi connectivity index (χ2v) is 4.98. The van der Waals surface area contributed by atoms with Crippen molar-refractivity contribution in [1.29, 1.82) is 0 Å². The number of unbranched alkanes of at least 4 members (excludes halogenated alkanes) is 1. The molecular formula is C14H27NO2. The molecule has 1 saturated heterocycles. The lowest BCUT2D eigenvalue weighted by Crippen LogP contribution is -2.34. The van der Waals surface area contributed by atoms with Crippen molar-refractivity contribution in [2.45, 2.75) is 52.4 Å². The van der Waals surface area contributed by atoms with Gasteiger partial charge in [-0.3, -0.25) is 4.79 Å². The summed E-state index contributed by atoms with van der Waals surface area (Å²) in [5.41, 5.74) is 0. The second kappa shape index (κ2) is 8.51. The van der Waals surface area contributed by atoms with E-state index < -0.39 is 0 Å². The first-order chi connectivity index (χ1) is 8.26. The summed E-state index contributed by atoms with van der Waals surface area (Å²) in [5.74, 6) is 0.707. The average molecular weight is 241 g/mol. The van der Waals surface area contributed by atoms with Crippen LogP contribution in [0.5, 0.6) is 0 Å². The van der Waals surface area contributed by atoms with Crippen LogP contribution < -0.4 is 0 Å². The molecule has 0 saturated carbocycles. The van der Waals surface area contributed by atoms with Crippen LogP contribution in [0.1, 0.15) is 52.4 Å². The normalized spacial score (nSPS) is 18.2. The molecule has 0 aliphatic carbocycles. The Labute approximate surface area is 106 Å². The van der Waals surface area contributed by atoms with Crippen LogP contribution in [0.25, 0.3) is 0 Å². The van der Waals surface area contributed by atoms with Crippen molar-refractivity contribution in [2.24, 2.45) is 5.92 Å². The highest BCUT2D eigenvalue weighted by atomic mass is 16.5. The van der Waals surface area contributed by atoms with Gasteiger partial charge in [0.05, 0.1) is 6.61 Å². The summed E-state index contributed by atoms with van der Waals surface area (Å²) in [6, 6.07) is 0. The fraction of sp³-hybridized carbons (Fsp3) is 0.929. The lowest BCUT2D eigenvalue weighted by Gasteiger charge is -2.31. The lowest BCUT2D eigenvalue weighted by molar-refractivity contribution is -0.143. The average Bonchev–Trinajstić information content (AvgIpc) is 2.35. The highest BCUT2D eigenvalue weighted by Gasteiger charge is 2.19. The van der Waals surface area contributed by atoms with Gasteiger partial charge in [0.2, 0.25) is 0 Å². The summed E-state index contributed by atoms with van der Waals surface area (Å²) >= 11 is 0. The fourth-order valence-corrected chi connectivity index (χ4v) is 2.44. The molecule has 0 unspecified atom stereocenters. The minimum absolute atomic E-state index is 0.0269. The minimum atomic E-state index is -0.0269. The zero-order chi connectivity index (χ0) is 12.5. The van der Waals surface area contributed by atoms with Crippen LogP contribution in [0.4, 0.5) is 0 Å². The Morgan fingerprint density at radius 3 is 2.59 bits per heavy atom. The third kappa shape index (κ3) is 6.06. The van der Waals surface area contributed by atoms with E-state index in [0.717, 1.165) is 12.3 Å². The van der Waals surface area contributed by atoms with E-state index in [-0.39, 0.29) is 5.97 Å². The monoisotopic (exact) mass is 241 g/mol. The molecule has 3 heteroatoms. The Kier molecular flexibility index (Phi) is 7.25. The van der Waals surface area contributed by atoms with E-state index in [0.29, 0.717) is 13.0 Å². The summed E-state index contributed by atoms with van der Waals surface area (Å²) in [7, 11) is 0. The van der Waals surface area contributed by atoms with Gasteiger partial charge in [-0.1, -0.05) is 13.3 Å². The van der Waals surface area contributed by atoms with Gasteiger partial charge in [0, 0.05) is 6.42 Å². The summed E-state index contributed by atoms with van der Waals surface area (Å²) < 4.78 is 4.96. The van der Waals surface area contributed by atoms with Crippen LogP contribution in [-0.2, 0) is 9.53 Å². The first-order valence-electron chi connectivity index (χ1n) is 7.14. The smallest absolute Gasteiger partial charge is 0.305 e. The molecular weight excluding hydrogens is 214 g/mol. The van der Waals surface area contributed by atoms with Gasteiger partial charge in [0.1, 0.15) is 0 Å². The molecule has 100 valence electrons. The number of carbonyl (C=O) groups is 1. The number of carbonyl (C=O) groups excluding carboxylic acids is 1. The molecule has 0 aromatic rings. The van der Waals surface area contributed by atoms with E-state index >= 15 is 0 Å². The maximum Gasteiger partial charge on any atom is 0.305 e. The maximum absolute atomic E-state index is 11.3. The Morgan fingerprint density at radius 1 is 1.29 bits per heavy atom. The van der Waals surface area contributed by atoms with E-state index in [1.807, 2.05) is 6.92 Å². The van der Waals surface area contributed by atoms with Crippen LogP contribution in [0, 0.1) is 5.92 Å². The van der Waals surface area contributed by atoms with Crippen LogP contribution in [0.3, 0.4) is 0 Å². The zero-order valence-electron chi connectivity index (χ0n) is 11.4. The van der Waals surface area contributed by atoms with Crippen molar-refractivity contribution in [2.75, 3.05) is 26.2 Å². The molecule has 1 rings (SSSR count). The van der Waals surface area contributed by atoms with Gasteiger partial charge in [-0.15, -0.1) is 0 Å². The van der Waals surface area contributed by atoms with Crippen molar-refractivity contribution in [3.8, 4) is 0 Å². The van der Waals surface area contributed by atoms with E-state index in [1.54, 1.807) is 0 Å². The maximum atomic E-state index is 11.3. The number of hydrogen-bond acceptors (Lipinski definition) is 3. The predicted molar refractivity (Wildman–Crippen MR) is 69.9 cm³/mol. The van der Waals surface area contributed by atoms with Gasteiger partial charge in [-0.05, 0) is 58.2 Å². The second-order valence-electron chi connectivity index (χ2n) is 4.98. The highest BCUT2D eigenvalue weighted by molar-refractivity contribution is 5.69. The summed E-state index contributed by atoms with van der Waals surface area (Å²) in [6.45, 7) is 8.30. The minimum Gasteiger partial charge on any atom is -0.466 e. The third-order valence-corrected chi connectivity index (χ3v) is 3.60. The van der Waals surface area contributed by atoms with Crippen LogP contribution >= 0.6 is 0 Å². The van der Waals surface area contributed by atoms with E-state index in [1.165, 1.54) is 45.3 Å². The van der Waals surface area contributed by atoms with Crippen molar-refractivity contribution < 1.29 is 9.53 Å². The number of rotatable bonds is 7. The Balaban J connectivity index is 2.08. The molecule has 1 fully saturated rings. The quantitative estimate of drug-likeness (QED) is 0.642. The zero-order valence-corrected chi connectivity index (χ0v) is 11.4. The Bertz CT molecular complexity index is 210. The van der Waals surface area contributed by atoms with Gasteiger partial charge in [0.15, 0.2) is 0 Å². The Morgan fingerprint density at radius 2 is 2.00 bits per heavy atom. The van der Waals surface area contributed by atoms with Crippen molar-refractivity contribution in [3.63, 3.8) is 0 Å². The highest BCUT2D eigenvalue weighted by Crippen LogP contribution is 2.22. The topological polar surface area (TPSA) is 29.5 Å². The number of ether oxygens (including phenoxy) is 1. The third-order valence-electron chi connectivity index (χ3n) is 3.60.